The molecule has 162 valence electrons. The molecular formula is C23H28Cl2N2O2S. The highest BCUT2D eigenvalue weighted by Crippen LogP contribution is 2.22. The molecule has 0 unspecified atom stereocenters. The minimum absolute atomic E-state index is 0.0270. The summed E-state index contributed by atoms with van der Waals surface area (Å²) in [4.78, 5) is 28.3. The average Bonchev–Trinajstić information content (AvgIpc) is 2.75. The molecule has 0 spiro atoms. The number of rotatable bonds is 11. The zero-order valence-electron chi connectivity index (χ0n) is 17.4. The van der Waals surface area contributed by atoms with Crippen molar-refractivity contribution in [1.29, 1.82) is 0 Å². The normalized spacial score (nSPS) is 11.7. The van der Waals surface area contributed by atoms with Crippen molar-refractivity contribution < 1.29 is 9.59 Å². The molecule has 2 amide bonds. The molecule has 2 rings (SSSR count). The fraction of sp³-hybridized carbons (Fsp3) is 0.391. The largest absolute Gasteiger partial charge is 0.354 e. The minimum Gasteiger partial charge on any atom is -0.354 e. The van der Waals surface area contributed by atoms with Gasteiger partial charge in [0.1, 0.15) is 6.04 Å². The molecule has 0 saturated carbocycles. The SMILES string of the molecule is CCCNC(=O)[C@H](C)N(Cc1ccc(Cl)cc1)C(=O)CCCSc1ccc(Cl)cc1. The zero-order valence-corrected chi connectivity index (χ0v) is 19.7. The van der Waals surface area contributed by atoms with Crippen LogP contribution in [-0.2, 0) is 16.1 Å². The molecule has 0 bridgehead atoms. The number of amides is 2. The van der Waals surface area contributed by atoms with E-state index in [0.717, 1.165) is 29.1 Å². The Kier molecular flexibility index (Phi) is 10.6. The van der Waals surface area contributed by atoms with Gasteiger partial charge in [0.25, 0.3) is 0 Å². The van der Waals surface area contributed by atoms with E-state index in [4.69, 9.17) is 23.2 Å². The Hall–Kier alpha value is -1.69. The highest BCUT2D eigenvalue weighted by Gasteiger charge is 2.25. The summed E-state index contributed by atoms with van der Waals surface area (Å²) in [5.41, 5.74) is 0.943. The number of hydrogen-bond acceptors (Lipinski definition) is 3. The third-order valence-electron chi connectivity index (χ3n) is 4.60. The van der Waals surface area contributed by atoms with Gasteiger partial charge in [0.2, 0.25) is 11.8 Å². The van der Waals surface area contributed by atoms with Crippen LogP contribution in [0.5, 0.6) is 0 Å². The van der Waals surface area contributed by atoms with Gasteiger partial charge in [0.05, 0.1) is 0 Å². The smallest absolute Gasteiger partial charge is 0.242 e. The van der Waals surface area contributed by atoms with Crippen LogP contribution in [0.1, 0.15) is 38.7 Å². The first-order chi connectivity index (χ1) is 14.4. The molecule has 0 aliphatic carbocycles. The minimum atomic E-state index is -0.538. The lowest BCUT2D eigenvalue weighted by Crippen LogP contribution is -2.47. The Morgan fingerprint density at radius 3 is 2.23 bits per heavy atom. The fourth-order valence-electron chi connectivity index (χ4n) is 2.85. The number of carbonyl (C=O) groups excluding carboxylic acids is 2. The van der Waals surface area contributed by atoms with Crippen molar-refractivity contribution in [2.24, 2.45) is 0 Å². The van der Waals surface area contributed by atoms with Crippen molar-refractivity contribution in [1.82, 2.24) is 10.2 Å². The van der Waals surface area contributed by atoms with E-state index in [2.05, 4.69) is 5.32 Å². The van der Waals surface area contributed by atoms with E-state index < -0.39 is 6.04 Å². The molecule has 2 aromatic carbocycles. The molecule has 4 nitrogen and oxygen atoms in total. The Morgan fingerprint density at radius 2 is 1.63 bits per heavy atom. The second-order valence-electron chi connectivity index (χ2n) is 7.02. The molecule has 1 N–H and O–H groups in total. The second-order valence-corrected chi connectivity index (χ2v) is 9.06. The number of nitrogens with one attached hydrogen (secondary N) is 1. The quantitative estimate of drug-likeness (QED) is 0.335. The number of carbonyl (C=O) groups is 2. The van der Waals surface area contributed by atoms with Crippen LogP contribution in [0.25, 0.3) is 0 Å². The molecule has 1 atom stereocenters. The lowest BCUT2D eigenvalue weighted by atomic mass is 10.1. The molecule has 2 aromatic rings. The molecule has 0 aliphatic heterocycles. The van der Waals surface area contributed by atoms with E-state index in [1.807, 2.05) is 43.3 Å². The number of nitrogens with zero attached hydrogens (tertiary/aromatic N) is 1. The molecular weight excluding hydrogens is 439 g/mol. The van der Waals surface area contributed by atoms with Gasteiger partial charge in [-0.15, -0.1) is 11.8 Å². The van der Waals surface area contributed by atoms with Gasteiger partial charge in [0.15, 0.2) is 0 Å². The first-order valence-corrected chi connectivity index (χ1v) is 11.8. The van der Waals surface area contributed by atoms with Gasteiger partial charge < -0.3 is 10.2 Å². The number of thioether (sulfide) groups is 1. The van der Waals surface area contributed by atoms with Crippen LogP contribution in [0.3, 0.4) is 0 Å². The predicted octanol–water partition coefficient (Wildman–Crippen LogP) is 5.81. The van der Waals surface area contributed by atoms with Crippen molar-refractivity contribution in [2.45, 2.75) is 50.6 Å². The van der Waals surface area contributed by atoms with E-state index in [1.54, 1.807) is 35.7 Å². The molecule has 0 radical (unpaired) electrons. The summed E-state index contributed by atoms with van der Waals surface area (Å²) in [5, 5.41) is 4.24. The molecule has 0 heterocycles. The lowest BCUT2D eigenvalue weighted by Gasteiger charge is -2.29. The number of halogens is 2. The molecule has 0 fully saturated rings. The summed E-state index contributed by atoms with van der Waals surface area (Å²) < 4.78 is 0. The summed E-state index contributed by atoms with van der Waals surface area (Å²) in [6.45, 7) is 4.76. The van der Waals surface area contributed by atoms with Crippen LogP contribution in [0.2, 0.25) is 10.0 Å². The van der Waals surface area contributed by atoms with Crippen molar-refractivity contribution in [3.8, 4) is 0 Å². The summed E-state index contributed by atoms with van der Waals surface area (Å²) >= 11 is 13.6. The van der Waals surface area contributed by atoms with Crippen LogP contribution in [-0.4, -0.2) is 35.1 Å². The molecule has 30 heavy (non-hydrogen) atoms. The van der Waals surface area contributed by atoms with Crippen molar-refractivity contribution in [3.63, 3.8) is 0 Å². The molecule has 7 heteroatoms. The van der Waals surface area contributed by atoms with Gasteiger partial charge in [-0.05, 0) is 67.5 Å². The summed E-state index contributed by atoms with van der Waals surface area (Å²) in [6, 6.07) is 14.5. The number of hydrogen-bond donors (Lipinski definition) is 1. The average molecular weight is 467 g/mol. The van der Waals surface area contributed by atoms with Crippen LogP contribution in [0.4, 0.5) is 0 Å². The van der Waals surface area contributed by atoms with Crippen molar-refractivity contribution >= 4 is 46.8 Å². The van der Waals surface area contributed by atoms with Crippen LogP contribution in [0, 0.1) is 0 Å². The second kappa shape index (κ2) is 12.9. The monoisotopic (exact) mass is 466 g/mol. The maximum atomic E-state index is 13.0. The first-order valence-electron chi connectivity index (χ1n) is 10.1. The van der Waals surface area contributed by atoms with E-state index >= 15 is 0 Å². The van der Waals surface area contributed by atoms with E-state index in [9.17, 15) is 9.59 Å². The van der Waals surface area contributed by atoms with Gasteiger partial charge in [-0.2, -0.15) is 0 Å². The third kappa shape index (κ3) is 8.21. The van der Waals surface area contributed by atoms with Gasteiger partial charge in [-0.1, -0.05) is 42.3 Å². The van der Waals surface area contributed by atoms with Crippen LogP contribution < -0.4 is 5.32 Å². The summed E-state index contributed by atoms with van der Waals surface area (Å²) in [5.74, 6) is 0.661. The van der Waals surface area contributed by atoms with Gasteiger partial charge in [-0.25, -0.2) is 0 Å². The maximum Gasteiger partial charge on any atom is 0.242 e. The van der Waals surface area contributed by atoms with Gasteiger partial charge >= 0.3 is 0 Å². The molecule has 0 aromatic heterocycles. The van der Waals surface area contributed by atoms with Crippen molar-refractivity contribution in [3.05, 3.63) is 64.1 Å². The predicted molar refractivity (Wildman–Crippen MR) is 126 cm³/mol. The highest BCUT2D eigenvalue weighted by atomic mass is 35.5. The highest BCUT2D eigenvalue weighted by molar-refractivity contribution is 7.99. The summed E-state index contributed by atoms with van der Waals surface area (Å²) in [7, 11) is 0. The Labute approximate surface area is 193 Å². The van der Waals surface area contributed by atoms with E-state index in [1.165, 1.54) is 0 Å². The van der Waals surface area contributed by atoms with Gasteiger partial charge in [0, 0.05) is 34.5 Å². The van der Waals surface area contributed by atoms with E-state index in [0.29, 0.717) is 29.6 Å². The van der Waals surface area contributed by atoms with E-state index in [-0.39, 0.29) is 11.8 Å². The van der Waals surface area contributed by atoms with Crippen LogP contribution >= 0.6 is 35.0 Å². The summed E-state index contributed by atoms with van der Waals surface area (Å²) in [6.07, 6.45) is 1.97. The Balaban J connectivity index is 1.96. The Morgan fingerprint density at radius 1 is 1.03 bits per heavy atom. The first kappa shape index (κ1) is 24.6. The maximum absolute atomic E-state index is 13.0. The fourth-order valence-corrected chi connectivity index (χ4v) is 3.96. The van der Waals surface area contributed by atoms with Crippen molar-refractivity contribution in [2.75, 3.05) is 12.3 Å². The number of benzene rings is 2. The molecule has 0 saturated heterocycles. The topological polar surface area (TPSA) is 49.4 Å². The van der Waals surface area contributed by atoms with Crippen LogP contribution in [0.15, 0.2) is 53.4 Å². The van der Waals surface area contributed by atoms with Gasteiger partial charge in [-0.3, -0.25) is 9.59 Å². The lowest BCUT2D eigenvalue weighted by molar-refractivity contribution is -0.140. The zero-order chi connectivity index (χ0) is 21.9. The molecule has 0 aliphatic rings. The third-order valence-corrected chi connectivity index (χ3v) is 6.20. The Bertz CT molecular complexity index is 813. The standard InChI is InChI=1S/C23H28Cl2N2O2S/c1-3-14-26-23(29)17(2)27(16-18-6-8-19(24)9-7-18)22(28)5-4-15-30-21-12-10-20(25)11-13-21/h6-13,17H,3-5,14-16H2,1-2H3,(H,26,29)/t17-/m0/s1.